The molecule has 1 aliphatic rings. The third-order valence-electron chi connectivity index (χ3n) is 5.09. The van der Waals surface area contributed by atoms with Crippen molar-refractivity contribution in [1.29, 1.82) is 0 Å². The van der Waals surface area contributed by atoms with E-state index in [0.29, 0.717) is 0 Å². The van der Waals surface area contributed by atoms with Gasteiger partial charge in [-0.25, -0.2) is 0 Å². The molecule has 2 aromatic carbocycles. The van der Waals surface area contributed by atoms with Gasteiger partial charge in [0.15, 0.2) is 0 Å². The second-order valence-corrected chi connectivity index (χ2v) is 7.18. The van der Waals surface area contributed by atoms with Gasteiger partial charge in [-0.3, -0.25) is 4.68 Å². The van der Waals surface area contributed by atoms with Gasteiger partial charge in [-0.05, 0) is 23.3 Å². The van der Waals surface area contributed by atoms with E-state index in [-0.39, 0.29) is 0 Å². The molecule has 0 aliphatic carbocycles. The van der Waals surface area contributed by atoms with E-state index in [1.54, 1.807) is 0 Å². The summed E-state index contributed by atoms with van der Waals surface area (Å²) in [6.07, 6.45) is 1.95. The maximum absolute atomic E-state index is 5.01. The Labute approximate surface area is 155 Å². The molecule has 1 N–H and O–H groups in total. The Morgan fingerprint density at radius 3 is 2.50 bits per heavy atom. The van der Waals surface area contributed by atoms with Gasteiger partial charge in [0, 0.05) is 57.0 Å². The van der Waals surface area contributed by atoms with Crippen LogP contribution < -0.4 is 10.2 Å². The second kappa shape index (κ2) is 7.34. The smallest absolute Gasteiger partial charge is 0.0716 e. The molecule has 0 radical (unpaired) electrons. The van der Waals surface area contributed by atoms with Crippen LogP contribution in [0.4, 0.5) is 5.69 Å². The monoisotopic (exact) mass is 346 g/mol. The van der Waals surface area contributed by atoms with E-state index in [0.717, 1.165) is 32.5 Å². The number of benzene rings is 2. The molecule has 134 valence electrons. The van der Waals surface area contributed by atoms with Gasteiger partial charge in [0.2, 0.25) is 0 Å². The molecule has 0 unspecified atom stereocenters. The number of aromatic nitrogens is 2. The zero-order chi connectivity index (χ0) is 17.9. The number of fused-ring (bicyclic) bond motifs is 1. The lowest BCUT2D eigenvalue weighted by molar-refractivity contribution is 0.582. The predicted molar refractivity (Wildman–Crippen MR) is 107 cm³/mol. The minimum atomic E-state index is 0.838. The van der Waals surface area contributed by atoms with Crippen LogP contribution in [0, 0.1) is 0 Å². The highest BCUT2D eigenvalue weighted by Crippen LogP contribution is 2.22. The Hall–Kier alpha value is -2.59. The van der Waals surface area contributed by atoms with Gasteiger partial charge in [0.05, 0.1) is 12.2 Å². The van der Waals surface area contributed by atoms with E-state index in [9.17, 15) is 0 Å². The Morgan fingerprint density at radius 2 is 1.77 bits per heavy atom. The zero-order valence-electron chi connectivity index (χ0n) is 15.6. The lowest BCUT2D eigenvalue weighted by atomic mass is 10.0. The number of hydrogen-bond donors (Lipinski definition) is 1. The fraction of sp³-hybridized carbons (Fsp3) is 0.318. The van der Waals surface area contributed by atoms with Crippen molar-refractivity contribution in [2.75, 3.05) is 25.5 Å². The van der Waals surface area contributed by atoms with Crippen molar-refractivity contribution in [2.45, 2.75) is 25.9 Å². The molecule has 2 heterocycles. The average Bonchev–Trinajstić information content (AvgIpc) is 3.01. The first-order valence-corrected chi connectivity index (χ1v) is 9.29. The molecule has 4 heteroatoms. The van der Waals surface area contributed by atoms with Crippen molar-refractivity contribution in [2.24, 2.45) is 0 Å². The highest BCUT2D eigenvalue weighted by molar-refractivity contribution is 5.46. The number of nitrogens with zero attached hydrogens (tertiary/aromatic N) is 3. The largest absolute Gasteiger partial charge is 0.378 e. The molecule has 0 bridgehead atoms. The average molecular weight is 346 g/mol. The SMILES string of the molecule is CN(C)c1ccc(Cn2nc(Cc3ccccc3)c3c2CCNC3)cc1. The van der Waals surface area contributed by atoms with Crippen molar-refractivity contribution in [3.63, 3.8) is 0 Å². The molecule has 0 saturated carbocycles. The first kappa shape index (κ1) is 16.9. The summed E-state index contributed by atoms with van der Waals surface area (Å²) < 4.78 is 2.22. The molecule has 0 saturated heterocycles. The lowest BCUT2D eigenvalue weighted by Crippen LogP contribution is -2.25. The first-order chi connectivity index (χ1) is 12.7. The summed E-state index contributed by atoms with van der Waals surface area (Å²) in [5, 5.41) is 8.51. The minimum Gasteiger partial charge on any atom is -0.378 e. The summed E-state index contributed by atoms with van der Waals surface area (Å²) in [6, 6.07) is 19.4. The van der Waals surface area contributed by atoms with Crippen LogP contribution in [-0.4, -0.2) is 30.4 Å². The lowest BCUT2D eigenvalue weighted by Gasteiger charge is -2.16. The van der Waals surface area contributed by atoms with Gasteiger partial charge in [-0.15, -0.1) is 0 Å². The maximum Gasteiger partial charge on any atom is 0.0716 e. The molecular weight excluding hydrogens is 320 g/mol. The normalized spacial score (nSPS) is 13.5. The second-order valence-electron chi connectivity index (χ2n) is 7.18. The van der Waals surface area contributed by atoms with Crippen molar-refractivity contribution < 1.29 is 0 Å². The van der Waals surface area contributed by atoms with Crippen LogP contribution in [-0.2, 0) is 25.9 Å². The molecule has 3 aromatic rings. The Bertz CT molecular complexity index is 863. The fourth-order valence-corrected chi connectivity index (χ4v) is 3.63. The molecule has 4 rings (SSSR count). The minimum absolute atomic E-state index is 0.838. The van der Waals surface area contributed by atoms with Crippen molar-refractivity contribution in [3.8, 4) is 0 Å². The topological polar surface area (TPSA) is 33.1 Å². The summed E-state index contributed by atoms with van der Waals surface area (Å²) in [5.74, 6) is 0. The van der Waals surface area contributed by atoms with Crippen LogP contribution >= 0.6 is 0 Å². The molecule has 26 heavy (non-hydrogen) atoms. The van der Waals surface area contributed by atoms with E-state index in [1.807, 2.05) is 0 Å². The molecule has 0 atom stereocenters. The first-order valence-electron chi connectivity index (χ1n) is 9.29. The van der Waals surface area contributed by atoms with Crippen molar-refractivity contribution >= 4 is 5.69 Å². The summed E-state index contributed by atoms with van der Waals surface area (Å²) in [5.41, 5.74) is 7.84. The van der Waals surface area contributed by atoms with Crippen LogP contribution in [0.1, 0.15) is 28.1 Å². The molecule has 4 nitrogen and oxygen atoms in total. The maximum atomic E-state index is 5.01. The third kappa shape index (κ3) is 3.51. The number of rotatable bonds is 5. The summed E-state index contributed by atoms with van der Waals surface area (Å²) in [7, 11) is 4.14. The van der Waals surface area contributed by atoms with Crippen LogP contribution in [0.5, 0.6) is 0 Å². The van der Waals surface area contributed by atoms with Gasteiger partial charge >= 0.3 is 0 Å². The fourth-order valence-electron chi connectivity index (χ4n) is 3.63. The van der Waals surface area contributed by atoms with Crippen LogP contribution in [0.15, 0.2) is 54.6 Å². The Balaban J connectivity index is 1.61. The molecule has 0 amide bonds. The van der Waals surface area contributed by atoms with Gasteiger partial charge < -0.3 is 10.2 Å². The standard InChI is InChI=1S/C22H26N4/c1-25(2)19-10-8-18(9-11-19)16-26-22-12-13-23-15-20(22)21(24-26)14-17-6-4-3-5-7-17/h3-11,23H,12-16H2,1-2H3. The highest BCUT2D eigenvalue weighted by Gasteiger charge is 2.20. The van der Waals surface area contributed by atoms with Crippen molar-refractivity contribution in [3.05, 3.63) is 82.7 Å². The number of hydrogen-bond acceptors (Lipinski definition) is 3. The summed E-state index contributed by atoms with van der Waals surface area (Å²) in [4.78, 5) is 2.13. The van der Waals surface area contributed by atoms with Crippen LogP contribution in [0.25, 0.3) is 0 Å². The van der Waals surface area contributed by atoms with E-state index in [1.165, 1.54) is 33.8 Å². The zero-order valence-corrected chi connectivity index (χ0v) is 15.6. The summed E-state index contributed by atoms with van der Waals surface area (Å²) in [6.45, 7) is 2.80. The van der Waals surface area contributed by atoms with Crippen LogP contribution in [0.3, 0.4) is 0 Å². The van der Waals surface area contributed by atoms with Gasteiger partial charge in [0.1, 0.15) is 0 Å². The molecule has 0 spiro atoms. The Morgan fingerprint density at radius 1 is 1.00 bits per heavy atom. The highest BCUT2D eigenvalue weighted by atomic mass is 15.3. The summed E-state index contributed by atoms with van der Waals surface area (Å²) >= 11 is 0. The van der Waals surface area contributed by atoms with Gasteiger partial charge in [-0.1, -0.05) is 42.5 Å². The third-order valence-corrected chi connectivity index (χ3v) is 5.09. The molecule has 1 aliphatic heterocycles. The van der Waals surface area contributed by atoms with Crippen molar-refractivity contribution in [1.82, 2.24) is 15.1 Å². The van der Waals surface area contributed by atoms with Gasteiger partial charge in [-0.2, -0.15) is 5.10 Å². The van der Waals surface area contributed by atoms with Crippen LogP contribution in [0.2, 0.25) is 0 Å². The molecule has 0 fully saturated rings. The quantitative estimate of drug-likeness (QED) is 0.770. The van der Waals surface area contributed by atoms with E-state index >= 15 is 0 Å². The number of anilines is 1. The molecular formula is C22H26N4. The van der Waals surface area contributed by atoms with E-state index < -0.39 is 0 Å². The van der Waals surface area contributed by atoms with E-state index in [2.05, 4.69) is 83.6 Å². The molecule has 1 aromatic heterocycles. The van der Waals surface area contributed by atoms with Gasteiger partial charge in [0.25, 0.3) is 0 Å². The Kier molecular flexibility index (Phi) is 4.76. The van der Waals surface area contributed by atoms with E-state index in [4.69, 9.17) is 5.10 Å². The number of nitrogens with one attached hydrogen (secondary N) is 1. The predicted octanol–water partition coefficient (Wildman–Crippen LogP) is 3.23.